The maximum Gasteiger partial charge on any atom is 0.226 e. The Morgan fingerprint density at radius 3 is 2.56 bits per heavy atom. The van der Waals surface area contributed by atoms with Gasteiger partial charge in [-0.3, -0.25) is 0 Å². The second-order valence-corrected chi connectivity index (χ2v) is 5.68. The summed E-state index contributed by atoms with van der Waals surface area (Å²) in [5.74, 6) is 2.35. The largest absolute Gasteiger partial charge is 0.497 e. The zero-order valence-electron chi connectivity index (χ0n) is 14.0. The molecule has 1 N–H and O–H groups in total. The van der Waals surface area contributed by atoms with E-state index in [0.717, 1.165) is 28.3 Å². The first kappa shape index (κ1) is 15.3. The van der Waals surface area contributed by atoms with Crippen molar-refractivity contribution < 1.29 is 9.47 Å². The highest BCUT2D eigenvalue weighted by atomic mass is 16.5. The van der Waals surface area contributed by atoms with Gasteiger partial charge in [-0.05, 0) is 35.9 Å². The molecule has 126 valence electrons. The van der Waals surface area contributed by atoms with Gasteiger partial charge in [0.1, 0.15) is 23.9 Å². The number of ether oxygens (including phenoxy) is 2. The Bertz CT molecular complexity index is 915. The van der Waals surface area contributed by atoms with Crippen LogP contribution in [-0.2, 0) is 0 Å². The Labute approximate surface area is 145 Å². The molecule has 2 heterocycles. The first-order chi connectivity index (χ1) is 12.3. The van der Waals surface area contributed by atoms with E-state index in [0.29, 0.717) is 5.95 Å². The van der Waals surface area contributed by atoms with Crippen molar-refractivity contribution in [3.8, 4) is 11.5 Å². The van der Waals surface area contributed by atoms with E-state index in [-0.39, 0.29) is 6.04 Å². The van der Waals surface area contributed by atoms with Gasteiger partial charge in [-0.25, -0.2) is 4.68 Å². The van der Waals surface area contributed by atoms with E-state index < -0.39 is 0 Å². The Hall–Kier alpha value is -3.28. The van der Waals surface area contributed by atoms with Crippen molar-refractivity contribution in [3.63, 3.8) is 0 Å². The molecule has 1 aromatic heterocycles. The molecule has 0 fully saturated rings. The summed E-state index contributed by atoms with van der Waals surface area (Å²) in [4.78, 5) is 4.33. The number of fused-ring (bicyclic) bond motifs is 1. The summed E-state index contributed by atoms with van der Waals surface area (Å²) < 4.78 is 12.5. The number of allylic oxidation sites excluding steroid dienone is 1. The van der Waals surface area contributed by atoms with Crippen LogP contribution in [0.3, 0.4) is 0 Å². The van der Waals surface area contributed by atoms with Gasteiger partial charge in [0.15, 0.2) is 0 Å². The van der Waals surface area contributed by atoms with Crippen LogP contribution in [0, 0.1) is 0 Å². The monoisotopic (exact) mass is 334 g/mol. The Morgan fingerprint density at radius 1 is 1.00 bits per heavy atom. The van der Waals surface area contributed by atoms with Crippen LogP contribution in [0.15, 0.2) is 60.9 Å². The topological polar surface area (TPSA) is 61.2 Å². The van der Waals surface area contributed by atoms with Crippen LogP contribution in [0.5, 0.6) is 11.5 Å². The molecular formula is C19H18N4O2. The SMILES string of the molecule is COc1ccc(C2C=C(c3cccc(OC)c3)Nc3ncnn32)cc1. The molecule has 4 rings (SSSR count). The second kappa shape index (κ2) is 6.32. The van der Waals surface area contributed by atoms with Crippen LogP contribution in [-0.4, -0.2) is 29.0 Å². The number of anilines is 1. The summed E-state index contributed by atoms with van der Waals surface area (Å²) in [6.07, 6.45) is 3.69. The van der Waals surface area contributed by atoms with Gasteiger partial charge in [-0.15, -0.1) is 0 Å². The van der Waals surface area contributed by atoms with E-state index in [9.17, 15) is 0 Å². The summed E-state index contributed by atoms with van der Waals surface area (Å²) in [5.41, 5.74) is 3.11. The maximum absolute atomic E-state index is 5.34. The molecule has 1 aliphatic rings. The van der Waals surface area contributed by atoms with Gasteiger partial charge < -0.3 is 14.8 Å². The number of hydrogen-bond donors (Lipinski definition) is 1. The zero-order valence-corrected chi connectivity index (χ0v) is 14.0. The second-order valence-electron chi connectivity index (χ2n) is 5.68. The predicted octanol–water partition coefficient (Wildman–Crippen LogP) is 3.35. The normalized spacial score (nSPS) is 15.8. The van der Waals surface area contributed by atoms with Crippen molar-refractivity contribution in [2.45, 2.75) is 6.04 Å². The van der Waals surface area contributed by atoms with Crippen LogP contribution >= 0.6 is 0 Å². The van der Waals surface area contributed by atoms with Crippen molar-refractivity contribution >= 4 is 11.6 Å². The van der Waals surface area contributed by atoms with Gasteiger partial charge in [0, 0.05) is 11.3 Å². The lowest BCUT2D eigenvalue weighted by Crippen LogP contribution is -2.20. The lowest BCUT2D eigenvalue weighted by Gasteiger charge is -2.24. The van der Waals surface area contributed by atoms with Crippen molar-refractivity contribution in [2.75, 3.05) is 19.5 Å². The average Bonchev–Trinajstić information content (AvgIpc) is 3.16. The standard InChI is InChI=1S/C19H18N4O2/c1-24-15-8-6-13(7-9-15)18-11-17(22-19-20-12-21-23(18)19)14-4-3-5-16(10-14)25-2/h3-12,18H,1-2H3,(H,20,21,22). The number of aromatic nitrogens is 3. The smallest absolute Gasteiger partial charge is 0.226 e. The van der Waals surface area contributed by atoms with Crippen LogP contribution in [0.2, 0.25) is 0 Å². The molecule has 2 aromatic carbocycles. The highest BCUT2D eigenvalue weighted by Crippen LogP contribution is 2.33. The fraction of sp³-hybridized carbons (Fsp3) is 0.158. The summed E-state index contributed by atoms with van der Waals surface area (Å²) >= 11 is 0. The molecule has 6 nitrogen and oxygen atoms in total. The molecule has 1 aliphatic heterocycles. The summed E-state index contributed by atoms with van der Waals surface area (Å²) in [6.45, 7) is 0. The maximum atomic E-state index is 5.34. The quantitative estimate of drug-likeness (QED) is 0.793. The van der Waals surface area contributed by atoms with E-state index in [4.69, 9.17) is 9.47 Å². The summed E-state index contributed by atoms with van der Waals surface area (Å²) in [7, 11) is 3.33. The minimum atomic E-state index is -0.0501. The molecular weight excluding hydrogens is 316 g/mol. The van der Waals surface area contributed by atoms with E-state index in [2.05, 4.69) is 21.5 Å². The van der Waals surface area contributed by atoms with Gasteiger partial charge in [-0.2, -0.15) is 10.1 Å². The Balaban J connectivity index is 1.77. The van der Waals surface area contributed by atoms with Crippen molar-refractivity contribution in [1.29, 1.82) is 0 Å². The highest BCUT2D eigenvalue weighted by Gasteiger charge is 2.23. The fourth-order valence-corrected chi connectivity index (χ4v) is 2.93. The van der Waals surface area contributed by atoms with Crippen molar-refractivity contribution in [3.05, 3.63) is 72.1 Å². The van der Waals surface area contributed by atoms with Gasteiger partial charge in [0.2, 0.25) is 5.95 Å². The van der Waals surface area contributed by atoms with Crippen molar-refractivity contribution in [1.82, 2.24) is 14.8 Å². The van der Waals surface area contributed by atoms with E-state index >= 15 is 0 Å². The molecule has 0 saturated heterocycles. The molecule has 1 atom stereocenters. The molecule has 25 heavy (non-hydrogen) atoms. The highest BCUT2D eigenvalue weighted by molar-refractivity contribution is 5.77. The predicted molar refractivity (Wildman–Crippen MR) is 95.7 cm³/mol. The van der Waals surface area contributed by atoms with Gasteiger partial charge >= 0.3 is 0 Å². The van der Waals surface area contributed by atoms with Gasteiger partial charge in [-0.1, -0.05) is 24.3 Å². The molecule has 3 aromatic rings. The lowest BCUT2D eigenvalue weighted by atomic mass is 10.0. The number of nitrogens with one attached hydrogen (secondary N) is 1. The number of rotatable bonds is 4. The zero-order chi connectivity index (χ0) is 17.2. The number of methoxy groups -OCH3 is 2. The molecule has 0 spiro atoms. The minimum absolute atomic E-state index is 0.0501. The molecule has 1 unspecified atom stereocenters. The Morgan fingerprint density at radius 2 is 1.80 bits per heavy atom. The number of benzene rings is 2. The van der Waals surface area contributed by atoms with E-state index in [1.165, 1.54) is 0 Å². The van der Waals surface area contributed by atoms with Gasteiger partial charge in [0.25, 0.3) is 0 Å². The molecule has 0 aliphatic carbocycles. The van der Waals surface area contributed by atoms with E-state index in [1.807, 2.05) is 53.2 Å². The number of hydrogen-bond acceptors (Lipinski definition) is 5. The Kier molecular flexibility index (Phi) is 3.85. The third-order valence-corrected chi connectivity index (χ3v) is 4.25. The molecule has 0 saturated carbocycles. The third kappa shape index (κ3) is 2.82. The first-order valence-corrected chi connectivity index (χ1v) is 7.95. The average molecular weight is 334 g/mol. The minimum Gasteiger partial charge on any atom is -0.497 e. The van der Waals surface area contributed by atoms with Crippen LogP contribution in [0.1, 0.15) is 17.2 Å². The van der Waals surface area contributed by atoms with Crippen LogP contribution in [0.4, 0.5) is 5.95 Å². The van der Waals surface area contributed by atoms with Crippen LogP contribution < -0.4 is 14.8 Å². The molecule has 6 heteroatoms. The summed E-state index contributed by atoms with van der Waals surface area (Å²) in [5, 5.41) is 7.70. The molecule has 0 radical (unpaired) electrons. The fourth-order valence-electron chi connectivity index (χ4n) is 2.93. The van der Waals surface area contributed by atoms with Crippen LogP contribution in [0.25, 0.3) is 5.70 Å². The number of nitrogens with zero attached hydrogens (tertiary/aromatic N) is 3. The molecule has 0 bridgehead atoms. The summed E-state index contributed by atoms with van der Waals surface area (Å²) in [6, 6.07) is 15.9. The third-order valence-electron chi connectivity index (χ3n) is 4.25. The lowest BCUT2D eigenvalue weighted by molar-refractivity contribution is 0.414. The molecule has 0 amide bonds. The van der Waals surface area contributed by atoms with Gasteiger partial charge in [0.05, 0.1) is 14.2 Å². The van der Waals surface area contributed by atoms with Crippen molar-refractivity contribution in [2.24, 2.45) is 0 Å². The first-order valence-electron chi connectivity index (χ1n) is 7.95. The van der Waals surface area contributed by atoms with E-state index in [1.54, 1.807) is 20.5 Å².